The van der Waals surface area contributed by atoms with Crippen molar-refractivity contribution >= 4 is 46.3 Å². The normalized spacial score (nSPS) is 16.5. The zero-order valence-corrected chi connectivity index (χ0v) is 17.0. The Morgan fingerprint density at radius 3 is 2.55 bits per heavy atom. The van der Waals surface area contributed by atoms with Crippen LogP contribution in [-0.2, 0) is 4.74 Å². The van der Waals surface area contributed by atoms with Crippen molar-refractivity contribution in [2.24, 2.45) is 4.99 Å². The van der Waals surface area contributed by atoms with Gasteiger partial charge in [-0.1, -0.05) is 0 Å². The van der Waals surface area contributed by atoms with E-state index in [1.165, 1.54) is 5.00 Å². The molecule has 0 bridgehead atoms. The van der Waals surface area contributed by atoms with E-state index in [0.29, 0.717) is 0 Å². The smallest absolute Gasteiger partial charge is 0.193 e. The molecule has 1 aliphatic heterocycles. The molecular weight excluding hydrogens is 411 g/mol. The van der Waals surface area contributed by atoms with Gasteiger partial charge in [-0.2, -0.15) is 0 Å². The highest BCUT2D eigenvalue weighted by Gasteiger charge is 2.22. The van der Waals surface area contributed by atoms with Crippen LogP contribution in [0.5, 0.6) is 0 Å². The zero-order chi connectivity index (χ0) is 15.3. The van der Waals surface area contributed by atoms with Gasteiger partial charge in [0.05, 0.1) is 10.6 Å². The highest BCUT2D eigenvalue weighted by molar-refractivity contribution is 14.0. The van der Waals surface area contributed by atoms with Crippen molar-refractivity contribution in [1.29, 1.82) is 0 Å². The molecule has 0 amide bonds. The summed E-state index contributed by atoms with van der Waals surface area (Å²) in [5.74, 6) is 0.964. The molecule has 1 aromatic rings. The third kappa shape index (κ3) is 5.27. The summed E-state index contributed by atoms with van der Waals surface area (Å²) < 4.78 is 5.44. The topological polar surface area (TPSA) is 40.1 Å². The highest BCUT2D eigenvalue weighted by Crippen LogP contribution is 2.22. The second-order valence-corrected chi connectivity index (χ2v) is 6.72. The van der Waals surface area contributed by atoms with E-state index < -0.39 is 0 Å². The molecular formula is C15H27IN4OS. The van der Waals surface area contributed by atoms with Crippen molar-refractivity contribution in [3.63, 3.8) is 0 Å². The first kappa shape index (κ1) is 19.5. The monoisotopic (exact) mass is 438 g/mol. The number of rotatable bonds is 4. The van der Waals surface area contributed by atoms with E-state index in [9.17, 15) is 0 Å². The molecule has 5 nitrogen and oxygen atoms in total. The van der Waals surface area contributed by atoms with Gasteiger partial charge in [0, 0.05) is 46.9 Å². The van der Waals surface area contributed by atoms with E-state index in [0.717, 1.165) is 38.7 Å². The maximum atomic E-state index is 5.44. The lowest BCUT2D eigenvalue weighted by Gasteiger charge is -2.37. The van der Waals surface area contributed by atoms with Gasteiger partial charge in [-0.25, -0.2) is 0 Å². The van der Waals surface area contributed by atoms with Crippen LogP contribution < -0.4 is 10.2 Å². The van der Waals surface area contributed by atoms with Crippen LogP contribution in [0.4, 0.5) is 5.00 Å². The van der Waals surface area contributed by atoms with Gasteiger partial charge >= 0.3 is 0 Å². The number of hydrogen-bond donors (Lipinski definition) is 1. The van der Waals surface area contributed by atoms with E-state index >= 15 is 0 Å². The number of methoxy groups -OCH3 is 1. The van der Waals surface area contributed by atoms with Crippen LogP contribution in [0, 0.1) is 0 Å². The van der Waals surface area contributed by atoms with E-state index in [1.807, 2.05) is 7.05 Å². The molecule has 126 valence electrons. The standard InChI is InChI=1S/C15H26N4OS.HI/c1-15(2,20-4)12-17-14(16-3)19-9-7-18(8-10-19)13-6-5-11-21-13;/h5-6,11H,7-10,12H2,1-4H3,(H,16,17);1H. The number of aliphatic imine (C=N–C) groups is 1. The van der Waals surface area contributed by atoms with Crippen LogP contribution in [0.2, 0.25) is 0 Å². The lowest BCUT2D eigenvalue weighted by Crippen LogP contribution is -2.54. The molecule has 1 fully saturated rings. The first-order chi connectivity index (χ1) is 10.1. The summed E-state index contributed by atoms with van der Waals surface area (Å²) in [7, 11) is 3.58. The molecule has 7 heteroatoms. The van der Waals surface area contributed by atoms with Crippen LogP contribution in [-0.4, -0.2) is 63.3 Å². The van der Waals surface area contributed by atoms with Gasteiger partial charge in [0.25, 0.3) is 0 Å². The van der Waals surface area contributed by atoms with Gasteiger partial charge < -0.3 is 19.9 Å². The summed E-state index contributed by atoms with van der Waals surface area (Å²) in [4.78, 5) is 9.15. The average Bonchev–Trinajstić information content (AvgIpc) is 3.03. The number of guanidine groups is 1. The Balaban J connectivity index is 0.00000242. The molecule has 0 saturated carbocycles. The minimum atomic E-state index is -0.186. The highest BCUT2D eigenvalue weighted by atomic mass is 127. The summed E-state index contributed by atoms with van der Waals surface area (Å²) in [6.45, 7) is 8.95. The fraction of sp³-hybridized carbons (Fsp3) is 0.667. The van der Waals surface area contributed by atoms with Crippen molar-refractivity contribution in [3.05, 3.63) is 17.5 Å². The van der Waals surface area contributed by atoms with E-state index in [2.05, 4.69) is 51.5 Å². The fourth-order valence-corrected chi connectivity index (χ4v) is 3.07. The van der Waals surface area contributed by atoms with E-state index in [-0.39, 0.29) is 29.6 Å². The first-order valence-corrected chi connectivity index (χ1v) is 8.23. The Labute approximate surface area is 154 Å². The second kappa shape index (κ2) is 8.93. The third-order valence-electron chi connectivity index (χ3n) is 3.83. The Bertz CT molecular complexity index is 456. The van der Waals surface area contributed by atoms with Crippen molar-refractivity contribution in [1.82, 2.24) is 10.2 Å². The summed E-state index contributed by atoms with van der Waals surface area (Å²) >= 11 is 1.81. The number of anilines is 1. The SMILES string of the molecule is CN=C(NCC(C)(C)OC)N1CCN(c2cccs2)CC1.I. The minimum absolute atomic E-state index is 0. The number of piperazine rings is 1. The molecule has 1 aliphatic rings. The maximum absolute atomic E-state index is 5.44. The van der Waals surface area contributed by atoms with Gasteiger partial charge in [-0.15, -0.1) is 35.3 Å². The third-order valence-corrected chi connectivity index (χ3v) is 4.76. The van der Waals surface area contributed by atoms with Crippen LogP contribution in [0.15, 0.2) is 22.5 Å². The molecule has 0 aliphatic carbocycles. The maximum Gasteiger partial charge on any atom is 0.193 e. The van der Waals surface area contributed by atoms with Crippen LogP contribution >= 0.6 is 35.3 Å². The number of halogens is 1. The summed E-state index contributed by atoms with van der Waals surface area (Å²) in [5, 5.41) is 6.91. The lowest BCUT2D eigenvalue weighted by atomic mass is 10.1. The predicted molar refractivity (Wildman–Crippen MR) is 106 cm³/mol. The number of thiophene rings is 1. The first-order valence-electron chi connectivity index (χ1n) is 7.35. The van der Waals surface area contributed by atoms with Crippen molar-refractivity contribution in [3.8, 4) is 0 Å². The van der Waals surface area contributed by atoms with Crippen molar-refractivity contribution in [2.45, 2.75) is 19.4 Å². The summed E-state index contributed by atoms with van der Waals surface area (Å²) in [5.41, 5.74) is -0.186. The molecule has 1 N–H and O–H groups in total. The Kier molecular flexibility index (Phi) is 7.92. The molecule has 1 aromatic heterocycles. The largest absolute Gasteiger partial charge is 0.377 e. The molecule has 0 atom stereocenters. The molecule has 2 rings (SSSR count). The lowest BCUT2D eigenvalue weighted by molar-refractivity contribution is 0.0263. The van der Waals surface area contributed by atoms with E-state index in [1.54, 1.807) is 18.4 Å². The van der Waals surface area contributed by atoms with Crippen LogP contribution in [0.3, 0.4) is 0 Å². The van der Waals surface area contributed by atoms with Gasteiger partial charge in [0.15, 0.2) is 5.96 Å². The van der Waals surface area contributed by atoms with Gasteiger partial charge in [-0.05, 0) is 31.4 Å². The molecule has 22 heavy (non-hydrogen) atoms. The Morgan fingerprint density at radius 2 is 2.05 bits per heavy atom. The van der Waals surface area contributed by atoms with Gasteiger partial charge in [-0.3, -0.25) is 4.99 Å². The number of hydrogen-bond acceptors (Lipinski definition) is 4. The second-order valence-electron chi connectivity index (χ2n) is 5.79. The fourth-order valence-electron chi connectivity index (χ4n) is 2.28. The minimum Gasteiger partial charge on any atom is -0.377 e. The molecule has 0 aromatic carbocycles. The molecule has 0 spiro atoms. The zero-order valence-electron chi connectivity index (χ0n) is 13.8. The quantitative estimate of drug-likeness (QED) is 0.446. The van der Waals surface area contributed by atoms with Gasteiger partial charge in [0.1, 0.15) is 0 Å². The molecule has 0 unspecified atom stereocenters. The molecule has 2 heterocycles. The van der Waals surface area contributed by atoms with E-state index in [4.69, 9.17) is 4.74 Å². The Hall–Kier alpha value is -0.540. The van der Waals surface area contributed by atoms with Crippen molar-refractivity contribution in [2.75, 3.05) is 51.8 Å². The average molecular weight is 438 g/mol. The van der Waals surface area contributed by atoms with Crippen molar-refractivity contribution < 1.29 is 4.74 Å². The predicted octanol–water partition coefficient (Wildman–Crippen LogP) is 2.49. The van der Waals surface area contributed by atoms with Gasteiger partial charge in [0.2, 0.25) is 0 Å². The number of nitrogens with one attached hydrogen (secondary N) is 1. The summed E-state index contributed by atoms with van der Waals surface area (Å²) in [6, 6.07) is 4.30. The molecule has 0 radical (unpaired) electrons. The number of nitrogens with zero attached hydrogens (tertiary/aromatic N) is 3. The van der Waals surface area contributed by atoms with Crippen LogP contribution in [0.1, 0.15) is 13.8 Å². The summed E-state index contributed by atoms with van der Waals surface area (Å²) in [6.07, 6.45) is 0. The Morgan fingerprint density at radius 1 is 1.36 bits per heavy atom. The molecule has 1 saturated heterocycles. The van der Waals surface area contributed by atoms with Crippen LogP contribution in [0.25, 0.3) is 0 Å². The number of ether oxygens (including phenoxy) is 1.